The normalized spacial score (nSPS) is 10.2. The lowest BCUT2D eigenvalue weighted by atomic mass is 10.2. The number of benzene rings is 1. The molecule has 2 N–H and O–H groups in total. The Morgan fingerprint density at radius 1 is 1.47 bits per heavy atom. The average molecular weight is 278 g/mol. The first-order valence-electron chi connectivity index (χ1n) is 5.60. The molecule has 0 aliphatic rings. The summed E-state index contributed by atoms with van der Waals surface area (Å²) in [5.74, 6) is -1.05. The van der Waals surface area contributed by atoms with Crippen molar-refractivity contribution >= 4 is 23.3 Å². The third kappa shape index (κ3) is 3.20. The van der Waals surface area contributed by atoms with Crippen LogP contribution in [-0.4, -0.2) is 21.0 Å². The summed E-state index contributed by atoms with van der Waals surface area (Å²) in [5, 5.41) is 12.7. The third-order valence-electron chi connectivity index (χ3n) is 2.60. The van der Waals surface area contributed by atoms with Crippen molar-refractivity contribution in [1.29, 1.82) is 0 Å². The van der Waals surface area contributed by atoms with E-state index in [4.69, 9.17) is 16.7 Å². The quantitative estimate of drug-likeness (QED) is 0.899. The van der Waals surface area contributed by atoms with Gasteiger partial charge in [-0.25, -0.2) is 14.8 Å². The first kappa shape index (κ1) is 13.3. The maximum Gasteiger partial charge on any atom is 0.339 e. The molecule has 2 rings (SSSR count). The van der Waals surface area contributed by atoms with Crippen LogP contribution >= 0.6 is 11.6 Å². The number of carbonyl (C=O) groups is 1. The standard InChI is InChI=1S/C13H12ClN3O2/c1-8-2-3-11(10(14)4-8)16-6-12-9(13(18)19)5-15-7-17-12/h2-5,7,16H,6H2,1H3,(H,18,19). The molecule has 98 valence electrons. The predicted octanol–water partition coefficient (Wildman–Crippen LogP) is 2.75. The van der Waals surface area contributed by atoms with E-state index in [0.29, 0.717) is 10.7 Å². The van der Waals surface area contributed by atoms with Crippen LogP contribution in [0.1, 0.15) is 21.6 Å². The second-order valence-corrected chi connectivity index (χ2v) is 4.43. The molecular weight excluding hydrogens is 266 g/mol. The highest BCUT2D eigenvalue weighted by Crippen LogP contribution is 2.23. The van der Waals surface area contributed by atoms with Crippen LogP contribution < -0.4 is 5.32 Å². The first-order valence-corrected chi connectivity index (χ1v) is 5.98. The molecule has 1 heterocycles. The number of carboxylic acid groups (broad SMARTS) is 1. The van der Waals surface area contributed by atoms with Gasteiger partial charge in [0.15, 0.2) is 0 Å². The Hall–Kier alpha value is -2.14. The molecule has 6 heteroatoms. The number of hydrogen-bond acceptors (Lipinski definition) is 4. The number of aromatic nitrogens is 2. The van der Waals surface area contributed by atoms with E-state index in [-0.39, 0.29) is 12.1 Å². The van der Waals surface area contributed by atoms with Crippen molar-refractivity contribution < 1.29 is 9.90 Å². The van der Waals surface area contributed by atoms with Crippen molar-refractivity contribution in [3.8, 4) is 0 Å². The number of nitrogens with one attached hydrogen (secondary N) is 1. The van der Waals surface area contributed by atoms with Gasteiger partial charge < -0.3 is 10.4 Å². The Morgan fingerprint density at radius 2 is 2.26 bits per heavy atom. The Balaban J connectivity index is 2.17. The summed E-state index contributed by atoms with van der Waals surface area (Å²) in [7, 11) is 0. The zero-order valence-electron chi connectivity index (χ0n) is 10.2. The largest absolute Gasteiger partial charge is 0.478 e. The van der Waals surface area contributed by atoms with E-state index in [0.717, 1.165) is 11.3 Å². The number of aromatic carboxylic acids is 1. The van der Waals surface area contributed by atoms with Crippen molar-refractivity contribution in [2.75, 3.05) is 5.32 Å². The van der Waals surface area contributed by atoms with Gasteiger partial charge in [0.25, 0.3) is 0 Å². The molecular formula is C13H12ClN3O2. The minimum atomic E-state index is -1.05. The van der Waals surface area contributed by atoms with E-state index in [1.165, 1.54) is 12.5 Å². The van der Waals surface area contributed by atoms with Gasteiger partial charge in [-0.3, -0.25) is 0 Å². The molecule has 0 fully saturated rings. The molecule has 19 heavy (non-hydrogen) atoms. The fourth-order valence-corrected chi connectivity index (χ4v) is 1.92. The molecule has 0 atom stereocenters. The zero-order chi connectivity index (χ0) is 13.8. The highest BCUT2D eigenvalue weighted by Gasteiger charge is 2.11. The van der Waals surface area contributed by atoms with Gasteiger partial charge in [0.2, 0.25) is 0 Å². The number of carboxylic acids is 1. The summed E-state index contributed by atoms with van der Waals surface area (Å²) in [6, 6.07) is 5.60. The molecule has 0 spiro atoms. The monoisotopic (exact) mass is 277 g/mol. The molecule has 1 aromatic heterocycles. The van der Waals surface area contributed by atoms with Gasteiger partial charge in [0, 0.05) is 6.20 Å². The van der Waals surface area contributed by atoms with Crippen molar-refractivity contribution in [2.24, 2.45) is 0 Å². The molecule has 0 aliphatic carbocycles. The lowest BCUT2D eigenvalue weighted by Gasteiger charge is -2.09. The number of anilines is 1. The molecule has 0 unspecified atom stereocenters. The predicted molar refractivity (Wildman–Crippen MR) is 72.5 cm³/mol. The van der Waals surface area contributed by atoms with Gasteiger partial charge in [-0.05, 0) is 24.6 Å². The van der Waals surface area contributed by atoms with E-state index >= 15 is 0 Å². The van der Waals surface area contributed by atoms with E-state index in [1.807, 2.05) is 25.1 Å². The summed E-state index contributed by atoms with van der Waals surface area (Å²) in [6.07, 6.45) is 2.60. The first-order chi connectivity index (χ1) is 9.08. The summed E-state index contributed by atoms with van der Waals surface area (Å²) < 4.78 is 0. The average Bonchev–Trinajstić information content (AvgIpc) is 2.38. The van der Waals surface area contributed by atoms with Gasteiger partial charge in [-0.15, -0.1) is 0 Å². The van der Waals surface area contributed by atoms with Gasteiger partial charge in [-0.1, -0.05) is 17.7 Å². The molecule has 0 saturated carbocycles. The van der Waals surface area contributed by atoms with Crippen LogP contribution in [0.3, 0.4) is 0 Å². The molecule has 5 nitrogen and oxygen atoms in total. The smallest absolute Gasteiger partial charge is 0.339 e. The van der Waals surface area contributed by atoms with E-state index in [2.05, 4.69) is 15.3 Å². The van der Waals surface area contributed by atoms with Crippen molar-refractivity contribution in [2.45, 2.75) is 13.5 Å². The number of rotatable bonds is 4. The fourth-order valence-electron chi connectivity index (χ4n) is 1.62. The Bertz CT molecular complexity index is 617. The van der Waals surface area contributed by atoms with Gasteiger partial charge in [0.05, 0.1) is 22.9 Å². The topological polar surface area (TPSA) is 75.1 Å². The highest BCUT2D eigenvalue weighted by molar-refractivity contribution is 6.33. The van der Waals surface area contributed by atoms with Crippen LogP contribution in [0, 0.1) is 6.92 Å². The summed E-state index contributed by atoms with van der Waals surface area (Å²) in [5.41, 5.74) is 2.29. The van der Waals surface area contributed by atoms with Crippen molar-refractivity contribution in [3.63, 3.8) is 0 Å². The minimum absolute atomic E-state index is 0.0817. The summed E-state index contributed by atoms with van der Waals surface area (Å²) in [6.45, 7) is 2.22. The second-order valence-electron chi connectivity index (χ2n) is 4.03. The molecule has 0 saturated heterocycles. The highest BCUT2D eigenvalue weighted by atomic mass is 35.5. The fraction of sp³-hybridized carbons (Fsp3) is 0.154. The maximum absolute atomic E-state index is 11.0. The number of hydrogen-bond donors (Lipinski definition) is 2. The van der Waals surface area contributed by atoms with E-state index < -0.39 is 5.97 Å². The van der Waals surface area contributed by atoms with Gasteiger partial charge in [0.1, 0.15) is 11.9 Å². The summed E-state index contributed by atoms with van der Waals surface area (Å²) >= 11 is 6.09. The van der Waals surface area contributed by atoms with Gasteiger partial charge >= 0.3 is 5.97 Å². The van der Waals surface area contributed by atoms with Crippen molar-refractivity contribution in [3.05, 3.63) is 52.6 Å². The molecule has 1 aromatic carbocycles. The molecule has 2 aromatic rings. The third-order valence-corrected chi connectivity index (χ3v) is 2.91. The maximum atomic E-state index is 11.0. The number of nitrogens with zero attached hydrogens (tertiary/aromatic N) is 2. The van der Waals surface area contributed by atoms with Crippen LogP contribution in [0.25, 0.3) is 0 Å². The SMILES string of the molecule is Cc1ccc(NCc2ncncc2C(=O)O)c(Cl)c1. The minimum Gasteiger partial charge on any atom is -0.478 e. The lowest BCUT2D eigenvalue weighted by molar-refractivity contribution is 0.0694. The Labute approximate surface area is 115 Å². The van der Waals surface area contributed by atoms with Crippen molar-refractivity contribution in [1.82, 2.24) is 9.97 Å². The van der Waals surface area contributed by atoms with E-state index in [9.17, 15) is 4.79 Å². The zero-order valence-corrected chi connectivity index (χ0v) is 11.0. The van der Waals surface area contributed by atoms with Crippen LogP contribution in [-0.2, 0) is 6.54 Å². The lowest BCUT2D eigenvalue weighted by Crippen LogP contribution is -2.10. The molecule has 0 aliphatic heterocycles. The van der Waals surface area contributed by atoms with Crippen LogP contribution in [0.15, 0.2) is 30.7 Å². The number of aryl methyl sites for hydroxylation is 1. The molecule has 0 amide bonds. The van der Waals surface area contributed by atoms with Gasteiger partial charge in [-0.2, -0.15) is 0 Å². The number of halogens is 1. The Kier molecular flexibility index (Phi) is 3.97. The van der Waals surface area contributed by atoms with Crippen LogP contribution in [0.5, 0.6) is 0 Å². The Morgan fingerprint density at radius 3 is 2.95 bits per heavy atom. The second kappa shape index (κ2) is 5.67. The molecule has 0 bridgehead atoms. The molecule has 0 radical (unpaired) electrons. The van der Waals surface area contributed by atoms with E-state index in [1.54, 1.807) is 0 Å². The van der Waals surface area contributed by atoms with Crippen LogP contribution in [0.2, 0.25) is 5.02 Å². The van der Waals surface area contributed by atoms with Crippen LogP contribution in [0.4, 0.5) is 5.69 Å². The summed E-state index contributed by atoms with van der Waals surface area (Å²) in [4.78, 5) is 18.7.